The van der Waals surface area contributed by atoms with Crippen molar-refractivity contribution in [1.82, 2.24) is 9.80 Å². The smallest absolute Gasteiger partial charge is 0.255 e. The van der Waals surface area contributed by atoms with Gasteiger partial charge in [0.2, 0.25) is 0 Å². The second-order valence-corrected chi connectivity index (χ2v) is 5.31. The van der Waals surface area contributed by atoms with E-state index in [0.29, 0.717) is 23.0 Å². The van der Waals surface area contributed by atoms with Crippen LogP contribution in [0, 0.1) is 0 Å². The quantitative estimate of drug-likeness (QED) is 0.797. The van der Waals surface area contributed by atoms with E-state index in [-0.39, 0.29) is 5.91 Å². The highest BCUT2D eigenvalue weighted by atomic mass is 16.2. The number of likely N-dealkylation sites (N-methyl/N-ethyl adjacent to an activating group) is 2. The molecule has 0 aromatic heterocycles. The van der Waals surface area contributed by atoms with E-state index in [2.05, 4.69) is 11.9 Å². The molecule has 1 heterocycles. The zero-order chi connectivity index (χ0) is 14.0. The average molecular weight is 262 g/mol. The second kappa shape index (κ2) is 5.48. The van der Waals surface area contributed by atoms with Crippen LogP contribution in [-0.2, 0) is 0 Å². The van der Waals surface area contributed by atoms with Gasteiger partial charge in [-0.1, -0.05) is 0 Å². The van der Waals surface area contributed by atoms with Crippen LogP contribution in [0.2, 0.25) is 0 Å². The lowest BCUT2D eigenvalue weighted by atomic mass is 10.1. The molecule has 0 saturated carbocycles. The molecule has 0 spiro atoms. The highest BCUT2D eigenvalue weighted by molar-refractivity contribution is 5.99. The summed E-state index contributed by atoms with van der Waals surface area (Å²) in [6.07, 6.45) is 2.35. The molecule has 19 heavy (non-hydrogen) atoms. The van der Waals surface area contributed by atoms with E-state index in [1.54, 1.807) is 23.1 Å². The molecule has 5 heteroatoms. The molecule has 1 unspecified atom stereocenters. The molecule has 5 nitrogen and oxygen atoms in total. The molecule has 104 valence electrons. The van der Waals surface area contributed by atoms with Crippen molar-refractivity contribution in [3.8, 4) is 0 Å². The fourth-order valence-electron chi connectivity index (χ4n) is 2.59. The Morgan fingerprint density at radius 1 is 1.47 bits per heavy atom. The number of hydrogen-bond donors (Lipinski definition) is 2. The maximum atomic E-state index is 12.4. The van der Waals surface area contributed by atoms with E-state index < -0.39 is 0 Å². The van der Waals surface area contributed by atoms with E-state index in [9.17, 15) is 4.79 Å². The van der Waals surface area contributed by atoms with Crippen LogP contribution in [0.25, 0.3) is 0 Å². The minimum absolute atomic E-state index is 0.0437. The van der Waals surface area contributed by atoms with Gasteiger partial charge in [-0.15, -0.1) is 0 Å². The maximum Gasteiger partial charge on any atom is 0.255 e. The minimum Gasteiger partial charge on any atom is -0.399 e. The fraction of sp³-hybridized carbons (Fsp3) is 0.500. The van der Waals surface area contributed by atoms with Crippen LogP contribution in [0.4, 0.5) is 11.4 Å². The Labute approximate surface area is 114 Å². The minimum atomic E-state index is -0.0437. The molecule has 2 rings (SSSR count). The van der Waals surface area contributed by atoms with Crippen molar-refractivity contribution in [2.45, 2.75) is 18.9 Å². The van der Waals surface area contributed by atoms with E-state index >= 15 is 0 Å². The van der Waals surface area contributed by atoms with E-state index in [0.717, 1.165) is 19.5 Å². The number of carbonyl (C=O) groups excluding carboxylic acids is 1. The lowest BCUT2D eigenvalue weighted by molar-refractivity contribution is 0.0762. The van der Waals surface area contributed by atoms with Crippen molar-refractivity contribution in [1.29, 1.82) is 0 Å². The Morgan fingerprint density at radius 3 is 2.79 bits per heavy atom. The first-order chi connectivity index (χ1) is 8.99. The lowest BCUT2D eigenvalue weighted by Crippen LogP contribution is -2.39. The summed E-state index contributed by atoms with van der Waals surface area (Å²) in [4.78, 5) is 16.4. The van der Waals surface area contributed by atoms with Crippen LogP contribution in [-0.4, -0.2) is 48.9 Å². The zero-order valence-corrected chi connectivity index (χ0v) is 11.6. The first-order valence-corrected chi connectivity index (χ1v) is 6.59. The lowest BCUT2D eigenvalue weighted by Gasteiger charge is -2.26. The largest absolute Gasteiger partial charge is 0.399 e. The number of amides is 1. The first kappa shape index (κ1) is 13.7. The number of carbonyl (C=O) groups is 1. The number of rotatable bonds is 3. The monoisotopic (exact) mass is 262 g/mol. The van der Waals surface area contributed by atoms with Crippen molar-refractivity contribution >= 4 is 17.3 Å². The Bertz CT molecular complexity index is 475. The maximum absolute atomic E-state index is 12.4. The molecule has 1 aliphatic heterocycles. The second-order valence-electron chi connectivity index (χ2n) is 5.31. The molecular weight excluding hydrogens is 240 g/mol. The van der Waals surface area contributed by atoms with Gasteiger partial charge in [-0.05, 0) is 44.6 Å². The summed E-state index contributed by atoms with van der Waals surface area (Å²) in [5.74, 6) is -0.0437. The number of nitrogens with two attached hydrogens (primary N) is 2. The van der Waals surface area contributed by atoms with Crippen LogP contribution < -0.4 is 11.5 Å². The van der Waals surface area contributed by atoms with Crippen LogP contribution in [0.1, 0.15) is 23.2 Å². The Hall–Kier alpha value is -1.75. The van der Waals surface area contributed by atoms with Crippen molar-refractivity contribution in [2.24, 2.45) is 0 Å². The molecule has 4 N–H and O–H groups in total. The Morgan fingerprint density at radius 2 is 2.21 bits per heavy atom. The van der Waals surface area contributed by atoms with E-state index in [4.69, 9.17) is 11.5 Å². The van der Waals surface area contributed by atoms with Gasteiger partial charge in [0.05, 0.1) is 5.56 Å². The van der Waals surface area contributed by atoms with Crippen molar-refractivity contribution in [2.75, 3.05) is 38.7 Å². The van der Waals surface area contributed by atoms with Gasteiger partial charge in [-0.2, -0.15) is 0 Å². The molecule has 1 fully saturated rings. The van der Waals surface area contributed by atoms with Crippen molar-refractivity contribution < 1.29 is 4.79 Å². The summed E-state index contributed by atoms with van der Waals surface area (Å²) in [6.45, 7) is 1.84. The number of likely N-dealkylation sites (tertiary alicyclic amines) is 1. The van der Waals surface area contributed by atoms with E-state index in [1.807, 2.05) is 7.05 Å². The van der Waals surface area contributed by atoms with Crippen molar-refractivity contribution in [3.63, 3.8) is 0 Å². The molecule has 0 radical (unpaired) electrons. The predicted molar refractivity (Wildman–Crippen MR) is 77.9 cm³/mol. The van der Waals surface area contributed by atoms with Crippen LogP contribution >= 0.6 is 0 Å². The van der Waals surface area contributed by atoms with Gasteiger partial charge in [0.15, 0.2) is 0 Å². The third-order valence-corrected chi connectivity index (χ3v) is 3.81. The first-order valence-electron chi connectivity index (χ1n) is 6.59. The molecule has 1 aromatic rings. The molecule has 1 saturated heterocycles. The summed E-state index contributed by atoms with van der Waals surface area (Å²) in [6, 6.07) is 5.48. The van der Waals surface area contributed by atoms with Gasteiger partial charge < -0.3 is 21.3 Å². The van der Waals surface area contributed by atoms with Crippen LogP contribution in [0.15, 0.2) is 18.2 Å². The SMILES string of the molecule is CN(CC1CCCN1C)C(=O)c1ccc(N)cc1N. The summed E-state index contributed by atoms with van der Waals surface area (Å²) in [5, 5.41) is 0. The predicted octanol–water partition coefficient (Wildman–Crippen LogP) is 1.02. The molecule has 0 aliphatic carbocycles. The van der Waals surface area contributed by atoms with Crippen LogP contribution in [0.3, 0.4) is 0 Å². The van der Waals surface area contributed by atoms with Gasteiger partial charge in [0.25, 0.3) is 5.91 Å². The van der Waals surface area contributed by atoms with Gasteiger partial charge >= 0.3 is 0 Å². The molecule has 1 aromatic carbocycles. The average Bonchev–Trinajstić information content (AvgIpc) is 2.74. The highest BCUT2D eigenvalue weighted by Gasteiger charge is 2.24. The summed E-state index contributed by atoms with van der Waals surface area (Å²) < 4.78 is 0. The molecule has 1 amide bonds. The van der Waals surface area contributed by atoms with Gasteiger partial charge in [0, 0.05) is 31.0 Å². The normalized spacial score (nSPS) is 19.6. The third kappa shape index (κ3) is 2.98. The molecule has 1 atom stereocenters. The molecule has 0 bridgehead atoms. The highest BCUT2D eigenvalue weighted by Crippen LogP contribution is 2.19. The molecule has 1 aliphatic rings. The topological polar surface area (TPSA) is 75.6 Å². The van der Waals surface area contributed by atoms with Crippen molar-refractivity contribution in [3.05, 3.63) is 23.8 Å². The Balaban J connectivity index is 2.06. The fourth-order valence-corrected chi connectivity index (χ4v) is 2.59. The standard InChI is InChI=1S/C14H22N4O/c1-17-7-3-4-11(17)9-18(2)14(19)12-6-5-10(15)8-13(12)16/h5-6,8,11H,3-4,7,9,15-16H2,1-2H3. The van der Waals surface area contributed by atoms with Gasteiger partial charge in [-0.3, -0.25) is 4.79 Å². The molecular formula is C14H22N4O. The number of nitrogens with zero attached hydrogens (tertiary/aromatic N) is 2. The number of benzene rings is 1. The van der Waals surface area contributed by atoms with Gasteiger partial charge in [-0.25, -0.2) is 0 Å². The third-order valence-electron chi connectivity index (χ3n) is 3.81. The summed E-state index contributed by atoms with van der Waals surface area (Å²) in [7, 11) is 3.93. The summed E-state index contributed by atoms with van der Waals surface area (Å²) in [5.41, 5.74) is 13.0. The summed E-state index contributed by atoms with van der Waals surface area (Å²) >= 11 is 0. The number of hydrogen-bond acceptors (Lipinski definition) is 4. The Kier molecular flexibility index (Phi) is 3.95. The van der Waals surface area contributed by atoms with Gasteiger partial charge in [0.1, 0.15) is 0 Å². The van der Waals surface area contributed by atoms with Crippen LogP contribution in [0.5, 0.6) is 0 Å². The number of nitrogen functional groups attached to an aromatic ring is 2. The number of anilines is 2. The zero-order valence-electron chi connectivity index (χ0n) is 11.6. The van der Waals surface area contributed by atoms with E-state index in [1.165, 1.54) is 6.42 Å².